The maximum Gasteiger partial charge on any atom is 0.0327 e. The minimum absolute atomic E-state index is 0.962. The Morgan fingerprint density at radius 1 is 1.20 bits per heavy atom. The molecule has 1 nitrogen and oxygen atoms in total. The van der Waals surface area contributed by atoms with Crippen LogP contribution in [-0.2, 0) is 13.0 Å². The van der Waals surface area contributed by atoms with Crippen molar-refractivity contribution in [1.82, 2.24) is 5.32 Å². The molecule has 80 valence electrons. The van der Waals surface area contributed by atoms with Crippen molar-refractivity contribution in [3.63, 3.8) is 0 Å². The first-order chi connectivity index (χ1) is 7.36. The van der Waals surface area contributed by atoms with Gasteiger partial charge in [-0.05, 0) is 45.2 Å². The van der Waals surface area contributed by atoms with Crippen molar-refractivity contribution in [3.8, 4) is 0 Å². The summed E-state index contributed by atoms with van der Waals surface area (Å²) in [5, 5.41) is 7.70. The van der Waals surface area contributed by atoms with Crippen molar-refractivity contribution in [3.05, 3.63) is 43.2 Å². The molecule has 0 unspecified atom stereocenters. The zero-order chi connectivity index (χ0) is 10.5. The fraction of sp³-hybridized carbons (Fsp3) is 0.273. The molecule has 2 rings (SSSR count). The van der Waals surface area contributed by atoms with Crippen molar-refractivity contribution < 1.29 is 0 Å². The number of hydrogen-bond acceptors (Lipinski definition) is 3. The summed E-state index contributed by atoms with van der Waals surface area (Å²) in [5.41, 5.74) is 0. The Balaban J connectivity index is 1.70. The van der Waals surface area contributed by atoms with Crippen LogP contribution < -0.4 is 5.32 Å². The monoisotopic (exact) mass is 301 g/mol. The maximum absolute atomic E-state index is 3.53. The lowest BCUT2D eigenvalue weighted by molar-refractivity contribution is 0.696. The van der Waals surface area contributed by atoms with Crippen molar-refractivity contribution in [1.29, 1.82) is 0 Å². The van der Waals surface area contributed by atoms with Crippen LogP contribution in [0.2, 0.25) is 0 Å². The lowest BCUT2D eigenvalue weighted by Gasteiger charge is -2.02. The number of nitrogens with one attached hydrogen (secondary N) is 1. The van der Waals surface area contributed by atoms with Crippen LogP contribution in [0, 0.1) is 0 Å². The standard InChI is InChI=1S/C11H12BrNS2/c12-10-4-7-15-11(10)8-13-5-3-9-2-1-6-14-9/h1-2,4,6-7,13H,3,5,8H2. The number of rotatable bonds is 5. The van der Waals surface area contributed by atoms with Crippen LogP contribution in [-0.4, -0.2) is 6.54 Å². The van der Waals surface area contributed by atoms with Gasteiger partial charge in [0.05, 0.1) is 0 Å². The second kappa shape index (κ2) is 5.80. The molecule has 0 saturated heterocycles. The molecule has 0 aliphatic heterocycles. The summed E-state index contributed by atoms with van der Waals surface area (Å²) in [7, 11) is 0. The Bertz CT molecular complexity index is 394. The average molecular weight is 302 g/mol. The summed E-state index contributed by atoms with van der Waals surface area (Å²) < 4.78 is 1.22. The lowest BCUT2D eigenvalue weighted by Crippen LogP contribution is -2.15. The first-order valence-corrected chi connectivity index (χ1v) is 7.36. The molecule has 0 spiro atoms. The molecule has 1 N–H and O–H groups in total. The molecule has 0 aliphatic rings. The zero-order valence-electron chi connectivity index (χ0n) is 8.20. The molecule has 0 fully saturated rings. The van der Waals surface area contributed by atoms with E-state index in [1.54, 1.807) is 11.3 Å². The highest BCUT2D eigenvalue weighted by Crippen LogP contribution is 2.22. The smallest absolute Gasteiger partial charge is 0.0327 e. The molecule has 2 aromatic heterocycles. The highest BCUT2D eigenvalue weighted by atomic mass is 79.9. The SMILES string of the molecule is Brc1ccsc1CNCCc1cccs1. The third kappa shape index (κ3) is 3.41. The topological polar surface area (TPSA) is 12.0 Å². The third-order valence-corrected chi connectivity index (χ3v) is 4.97. The predicted molar refractivity (Wildman–Crippen MR) is 71.7 cm³/mol. The maximum atomic E-state index is 3.53. The quantitative estimate of drug-likeness (QED) is 0.826. The van der Waals surface area contributed by atoms with Gasteiger partial charge < -0.3 is 5.32 Å². The fourth-order valence-corrected chi connectivity index (χ4v) is 3.49. The summed E-state index contributed by atoms with van der Waals surface area (Å²) in [4.78, 5) is 2.83. The summed E-state index contributed by atoms with van der Waals surface area (Å²) >= 11 is 7.15. The van der Waals surface area contributed by atoms with E-state index >= 15 is 0 Å². The predicted octanol–water partition coefficient (Wildman–Crippen LogP) is 3.90. The Morgan fingerprint density at radius 3 is 2.80 bits per heavy atom. The van der Waals surface area contributed by atoms with E-state index in [0.717, 1.165) is 19.5 Å². The van der Waals surface area contributed by atoms with E-state index in [1.165, 1.54) is 14.2 Å². The van der Waals surface area contributed by atoms with E-state index in [1.807, 2.05) is 11.3 Å². The molecule has 0 amide bonds. The van der Waals surface area contributed by atoms with Crippen molar-refractivity contribution in [2.45, 2.75) is 13.0 Å². The highest BCUT2D eigenvalue weighted by molar-refractivity contribution is 9.10. The Labute approximate surface area is 106 Å². The normalized spacial score (nSPS) is 10.7. The molecular formula is C11H12BrNS2. The van der Waals surface area contributed by atoms with Crippen LogP contribution >= 0.6 is 38.6 Å². The van der Waals surface area contributed by atoms with Crippen LogP contribution in [0.3, 0.4) is 0 Å². The molecule has 15 heavy (non-hydrogen) atoms. The van der Waals surface area contributed by atoms with Gasteiger partial charge in [0.25, 0.3) is 0 Å². The van der Waals surface area contributed by atoms with Crippen LogP contribution in [0.15, 0.2) is 33.4 Å². The lowest BCUT2D eigenvalue weighted by atomic mass is 10.3. The van der Waals surface area contributed by atoms with Crippen molar-refractivity contribution in [2.24, 2.45) is 0 Å². The van der Waals surface area contributed by atoms with E-state index in [2.05, 4.69) is 50.2 Å². The van der Waals surface area contributed by atoms with Crippen molar-refractivity contribution >= 4 is 38.6 Å². The second-order valence-corrected chi connectivity index (χ2v) is 6.09. The molecule has 0 aliphatic carbocycles. The van der Waals surface area contributed by atoms with Crippen LogP contribution in [0.4, 0.5) is 0 Å². The van der Waals surface area contributed by atoms with E-state index in [-0.39, 0.29) is 0 Å². The molecule has 0 bridgehead atoms. The molecule has 2 aromatic rings. The summed E-state index contributed by atoms with van der Waals surface area (Å²) in [5.74, 6) is 0. The van der Waals surface area contributed by atoms with Gasteiger partial charge >= 0.3 is 0 Å². The summed E-state index contributed by atoms with van der Waals surface area (Å²) in [6, 6.07) is 6.39. The fourth-order valence-electron chi connectivity index (χ4n) is 1.32. The van der Waals surface area contributed by atoms with Gasteiger partial charge in [0.15, 0.2) is 0 Å². The molecule has 0 radical (unpaired) electrons. The van der Waals surface area contributed by atoms with Gasteiger partial charge in [-0.1, -0.05) is 6.07 Å². The number of thiophene rings is 2. The second-order valence-electron chi connectivity index (χ2n) is 3.20. The Morgan fingerprint density at radius 2 is 2.13 bits per heavy atom. The largest absolute Gasteiger partial charge is 0.311 e. The van der Waals surface area contributed by atoms with Gasteiger partial charge in [-0.25, -0.2) is 0 Å². The summed E-state index contributed by atoms with van der Waals surface area (Å²) in [6.07, 6.45) is 1.13. The average Bonchev–Trinajstić information content (AvgIpc) is 2.85. The minimum Gasteiger partial charge on any atom is -0.311 e. The minimum atomic E-state index is 0.962. The number of halogens is 1. The first kappa shape index (κ1) is 11.3. The molecule has 0 saturated carbocycles. The third-order valence-electron chi connectivity index (χ3n) is 2.10. The first-order valence-electron chi connectivity index (χ1n) is 4.81. The van der Waals surface area contributed by atoms with Gasteiger partial charge in [-0.3, -0.25) is 0 Å². The van der Waals surface area contributed by atoms with Gasteiger partial charge in [-0.2, -0.15) is 0 Å². The zero-order valence-corrected chi connectivity index (χ0v) is 11.4. The molecule has 0 aromatic carbocycles. The van der Waals surface area contributed by atoms with Gasteiger partial charge in [0.2, 0.25) is 0 Å². The molecule has 2 heterocycles. The van der Waals surface area contributed by atoms with Crippen LogP contribution in [0.1, 0.15) is 9.75 Å². The molecule has 4 heteroatoms. The van der Waals surface area contributed by atoms with E-state index < -0.39 is 0 Å². The Kier molecular flexibility index (Phi) is 4.38. The van der Waals surface area contributed by atoms with Crippen molar-refractivity contribution in [2.75, 3.05) is 6.54 Å². The van der Waals surface area contributed by atoms with Gasteiger partial charge in [0.1, 0.15) is 0 Å². The van der Waals surface area contributed by atoms with Crippen LogP contribution in [0.25, 0.3) is 0 Å². The highest BCUT2D eigenvalue weighted by Gasteiger charge is 2.00. The molecule has 0 atom stereocenters. The van der Waals surface area contributed by atoms with Crippen LogP contribution in [0.5, 0.6) is 0 Å². The molecular weight excluding hydrogens is 290 g/mol. The van der Waals surface area contributed by atoms with Gasteiger partial charge in [-0.15, -0.1) is 22.7 Å². The van der Waals surface area contributed by atoms with E-state index in [0.29, 0.717) is 0 Å². The van der Waals surface area contributed by atoms with Gasteiger partial charge in [0, 0.05) is 27.3 Å². The van der Waals surface area contributed by atoms with E-state index in [9.17, 15) is 0 Å². The Hall–Kier alpha value is -0.160. The van der Waals surface area contributed by atoms with E-state index in [4.69, 9.17) is 0 Å². The number of hydrogen-bond donors (Lipinski definition) is 1. The summed E-state index contributed by atoms with van der Waals surface area (Å²) in [6.45, 7) is 2.01.